The molecule has 0 radical (unpaired) electrons. The van der Waals surface area contributed by atoms with E-state index in [1.165, 1.54) is 4.88 Å². The lowest BCUT2D eigenvalue weighted by Gasteiger charge is -2.17. The summed E-state index contributed by atoms with van der Waals surface area (Å²) in [5, 5.41) is 3.03. The normalized spacial score (nSPS) is 17.3. The fourth-order valence-electron chi connectivity index (χ4n) is 3.50. The largest absolute Gasteiger partial charge is 0.493 e. The van der Waals surface area contributed by atoms with Crippen LogP contribution in [0, 0.1) is 0 Å². The number of fused-ring (bicyclic) bond motifs is 1. The van der Waals surface area contributed by atoms with Gasteiger partial charge < -0.3 is 9.47 Å². The Morgan fingerprint density at radius 1 is 1.20 bits per heavy atom. The van der Waals surface area contributed by atoms with Crippen LogP contribution in [0.1, 0.15) is 39.2 Å². The molecule has 1 fully saturated rings. The van der Waals surface area contributed by atoms with Gasteiger partial charge in [0.25, 0.3) is 11.8 Å². The second kappa shape index (κ2) is 8.79. The van der Waals surface area contributed by atoms with E-state index in [9.17, 15) is 9.59 Å². The van der Waals surface area contributed by atoms with E-state index in [2.05, 4.69) is 5.43 Å². The van der Waals surface area contributed by atoms with Crippen molar-refractivity contribution < 1.29 is 19.1 Å². The van der Waals surface area contributed by atoms with Gasteiger partial charge in [0.05, 0.1) is 24.7 Å². The lowest BCUT2D eigenvalue weighted by Crippen LogP contribution is -2.45. The molecule has 2 heterocycles. The molecule has 4 rings (SSSR count). The van der Waals surface area contributed by atoms with E-state index in [1.807, 2.05) is 11.4 Å². The molecule has 0 unspecified atom stereocenters. The van der Waals surface area contributed by atoms with Crippen molar-refractivity contribution in [3.8, 4) is 11.5 Å². The Morgan fingerprint density at radius 3 is 2.73 bits per heavy atom. The van der Waals surface area contributed by atoms with Gasteiger partial charge in [-0.05, 0) is 67.2 Å². The molecule has 2 aliphatic rings. The number of thioether (sulfide) groups is 1. The first-order valence-corrected chi connectivity index (χ1v) is 11.5. The lowest BCUT2D eigenvalue weighted by molar-refractivity contribution is -0.123. The molecule has 0 bridgehead atoms. The number of amides is 2. The van der Waals surface area contributed by atoms with Gasteiger partial charge in [0, 0.05) is 10.3 Å². The van der Waals surface area contributed by atoms with E-state index in [4.69, 9.17) is 21.7 Å². The molecule has 0 spiro atoms. The van der Waals surface area contributed by atoms with Crippen molar-refractivity contribution in [3.05, 3.63) is 50.1 Å². The summed E-state index contributed by atoms with van der Waals surface area (Å²) in [6.07, 6.45) is 5.88. The molecule has 2 aromatic rings. The Hall–Kier alpha value is -2.36. The molecule has 1 aliphatic heterocycles. The Bertz CT molecular complexity index is 1060. The minimum Gasteiger partial charge on any atom is -0.493 e. The number of thiophene rings is 1. The third kappa shape index (κ3) is 3.97. The zero-order valence-corrected chi connectivity index (χ0v) is 19.0. The number of carbonyl (C=O) groups excluding carboxylic acids is 2. The van der Waals surface area contributed by atoms with Crippen LogP contribution < -0.4 is 14.9 Å². The van der Waals surface area contributed by atoms with Gasteiger partial charge in [-0.3, -0.25) is 15.0 Å². The summed E-state index contributed by atoms with van der Waals surface area (Å²) < 4.78 is 10.8. The zero-order chi connectivity index (χ0) is 21.3. The lowest BCUT2D eigenvalue weighted by atomic mass is 9.96. The van der Waals surface area contributed by atoms with Crippen LogP contribution in [0.15, 0.2) is 28.5 Å². The molecule has 1 aliphatic carbocycles. The second-order valence-corrected chi connectivity index (χ2v) is 9.47. The first-order valence-electron chi connectivity index (χ1n) is 9.42. The van der Waals surface area contributed by atoms with Crippen LogP contribution in [0.3, 0.4) is 0 Å². The molecule has 6 nitrogen and oxygen atoms in total. The monoisotopic (exact) mass is 460 g/mol. The van der Waals surface area contributed by atoms with Crippen LogP contribution in [0.25, 0.3) is 6.08 Å². The van der Waals surface area contributed by atoms with E-state index in [1.54, 1.807) is 43.8 Å². The van der Waals surface area contributed by atoms with Crippen LogP contribution in [-0.4, -0.2) is 35.4 Å². The summed E-state index contributed by atoms with van der Waals surface area (Å²) in [5.74, 6) is 0.529. The van der Waals surface area contributed by atoms with Crippen molar-refractivity contribution >= 4 is 57.5 Å². The van der Waals surface area contributed by atoms with Gasteiger partial charge in [0.15, 0.2) is 15.8 Å². The van der Waals surface area contributed by atoms with Gasteiger partial charge >= 0.3 is 0 Å². The number of hydrazine groups is 1. The first kappa shape index (κ1) is 20.9. The number of nitrogens with one attached hydrogen (secondary N) is 1. The molecule has 30 heavy (non-hydrogen) atoms. The quantitative estimate of drug-likeness (QED) is 0.533. The Balaban J connectivity index is 1.52. The van der Waals surface area contributed by atoms with E-state index in [-0.39, 0.29) is 11.8 Å². The Labute approximate surface area is 188 Å². The molecule has 156 valence electrons. The van der Waals surface area contributed by atoms with E-state index in [0.29, 0.717) is 26.3 Å². The highest BCUT2D eigenvalue weighted by Crippen LogP contribution is 2.35. The van der Waals surface area contributed by atoms with Crippen LogP contribution in [0.5, 0.6) is 11.5 Å². The van der Waals surface area contributed by atoms with Crippen LogP contribution in [0.4, 0.5) is 0 Å². The maximum Gasteiger partial charge on any atom is 0.285 e. The highest BCUT2D eigenvalue weighted by Gasteiger charge is 2.34. The van der Waals surface area contributed by atoms with Crippen molar-refractivity contribution in [1.82, 2.24) is 10.4 Å². The predicted octanol–water partition coefficient (Wildman–Crippen LogP) is 4.19. The number of carbonyl (C=O) groups is 2. The molecular formula is C21H20N2O4S3. The van der Waals surface area contributed by atoms with Crippen LogP contribution in [0.2, 0.25) is 0 Å². The summed E-state index contributed by atoms with van der Waals surface area (Å²) in [6, 6.07) is 5.37. The second-order valence-electron chi connectivity index (χ2n) is 6.83. The molecule has 1 aromatic heterocycles. The Morgan fingerprint density at radius 2 is 1.97 bits per heavy atom. The zero-order valence-electron chi connectivity index (χ0n) is 16.5. The fourth-order valence-corrected chi connectivity index (χ4v) is 5.81. The maximum atomic E-state index is 12.9. The third-order valence-electron chi connectivity index (χ3n) is 5.02. The molecule has 2 amide bonds. The summed E-state index contributed by atoms with van der Waals surface area (Å²) in [6.45, 7) is 0. The number of aryl methyl sites for hydroxylation is 1. The number of methoxy groups -OCH3 is 2. The van der Waals surface area contributed by atoms with Gasteiger partial charge in [-0.15, -0.1) is 11.3 Å². The average molecular weight is 461 g/mol. The van der Waals surface area contributed by atoms with Gasteiger partial charge in [-0.25, -0.2) is 0 Å². The summed E-state index contributed by atoms with van der Waals surface area (Å²) in [7, 11) is 3.12. The number of hydrogen-bond donors (Lipinski definition) is 1. The number of thiocarbonyl (C=S) groups is 1. The molecule has 1 saturated heterocycles. The highest BCUT2D eigenvalue weighted by atomic mass is 32.2. The van der Waals surface area contributed by atoms with Crippen molar-refractivity contribution in [3.63, 3.8) is 0 Å². The smallest absolute Gasteiger partial charge is 0.285 e. The predicted molar refractivity (Wildman–Crippen MR) is 123 cm³/mol. The standard InChI is InChI=1S/C21H20N2O4S3/c1-26-15-8-7-12(9-16(15)27-2)10-18-20(25)23(21(28)30-18)22-19(24)14-11-29-17-6-4-3-5-13(14)17/h7-11H,3-6H2,1-2H3,(H,22,24)/b18-10-. The molecule has 0 atom stereocenters. The van der Waals surface area contributed by atoms with Crippen molar-refractivity contribution in [2.75, 3.05) is 14.2 Å². The van der Waals surface area contributed by atoms with Crippen LogP contribution in [-0.2, 0) is 17.6 Å². The summed E-state index contributed by atoms with van der Waals surface area (Å²) in [5.41, 5.74) is 5.21. The van der Waals surface area contributed by atoms with Gasteiger partial charge in [0.2, 0.25) is 0 Å². The number of rotatable bonds is 5. The highest BCUT2D eigenvalue weighted by molar-refractivity contribution is 8.26. The summed E-state index contributed by atoms with van der Waals surface area (Å²) >= 11 is 8.10. The number of hydrogen-bond acceptors (Lipinski definition) is 7. The average Bonchev–Trinajstić information content (AvgIpc) is 3.30. The molecule has 0 saturated carbocycles. The van der Waals surface area contributed by atoms with Gasteiger partial charge in [-0.2, -0.15) is 5.01 Å². The summed E-state index contributed by atoms with van der Waals surface area (Å²) in [4.78, 5) is 27.4. The molecular weight excluding hydrogens is 440 g/mol. The molecule has 1 aromatic carbocycles. The number of ether oxygens (including phenoxy) is 2. The first-order chi connectivity index (χ1) is 14.5. The van der Waals surface area contributed by atoms with Crippen molar-refractivity contribution in [1.29, 1.82) is 0 Å². The third-order valence-corrected chi connectivity index (χ3v) is 7.41. The molecule has 1 N–H and O–H groups in total. The Kier molecular flexibility index (Phi) is 6.12. The number of nitrogens with zero attached hydrogens (tertiary/aromatic N) is 1. The van der Waals surface area contributed by atoms with Crippen molar-refractivity contribution in [2.45, 2.75) is 25.7 Å². The van der Waals surface area contributed by atoms with Crippen molar-refractivity contribution in [2.24, 2.45) is 0 Å². The maximum absolute atomic E-state index is 12.9. The van der Waals surface area contributed by atoms with Gasteiger partial charge in [0.1, 0.15) is 0 Å². The van der Waals surface area contributed by atoms with Gasteiger partial charge in [-0.1, -0.05) is 17.8 Å². The number of benzene rings is 1. The van der Waals surface area contributed by atoms with E-state index >= 15 is 0 Å². The topological polar surface area (TPSA) is 67.9 Å². The minimum absolute atomic E-state index is 0.293. The SMILES string of the molecule is COc1ccc(/C=C2\SC(=S)N(NC(=O)c3csc4c3CCCC4)C2=O)cc1OC. The molecule has 9 heteroatoms. The van der Waals surface area contributed by atoms with E-state index in [0.717, 1.165) is 53.6 Å². The van der Waals surface area contributed by atoms with E-state index < -0.39 is 0 Å². The fraction of sp³-hybridized carbons (Fsp3) is 0.286. The van der Waals surface area contributed by atoms with Crippen LogP contribution >= 0.6 is 35.3 Å². The minimum atomic E-state index is -0.350.